The van der Waals surface area contributed by atoms with Crippen LogP contribution in [0.15, 0.2) is 34.0 Å². The van der Waals surface area contributed by atoms with Gasteiger partial charge in [-0.2, -0.15) is 0 Å². The zero-order valence-corrected chi connectivity index (χ0v) is 12.2. The smallest absolute Gasteiger partial charge is 0.197 e. The van der Waals surface area contributed by atoms with Gasteiger partial charge in [0.25, 0.3) is 0 Å². The molecule has 0 aromatic heterocycles. The van der Waals surface area contributed by atoms with Gasteiger partial charge in [0.15, 0.2) is 17.3 Å². The SMILES string of the molecule is O=C1C(Cl)=C2Oc3ccc(Cl)cc3N=C2[C@@H](Cl)[C@H]1Cl. The average Bonchev–Trinajstić information content (AvgIpc) is 2.41. The number of hydrogen-bond donors (Lipinski definition) is 0. The summed E-state index contributed by atoms with van der Waals surface area (Å²) in [6, 6.07) is 4.94. The van der Waals surface area contributed by atoms with Gasteiger partial charge in [-0.1, -0.05) is 23.2 Å². The topological polar surface area (TPSA) is 38.7 Å². The quantitative estimate of drug-likeness (QED) is 0.670. The summed E-state index contributed by atoms with van der Waals surface area (Å²) < 4.78 is 5.59. The molecule has 19 heavy (non-hydrogen) atoms. The van der Waals surface area contributed by atoms with Crippen LogP contribution in [0.5, 0.6) is 5.75 Å². The number of nitrogens with zero attached hydrogens (tertiary/aromatic N) is 1. The van der Waals surface area contributed by atoms with Crippen molar-refractivity contribution in [3.05, 3.63) is 34.0 Å². The maximum atomic E-state index is 11.8. The number of halogens is 4. The molecule has 1 aromatic carbocycles. The van der Waals surface area contributed by atoms with Gasteiger partial charge < -0.3 is 4.74 Å². The number of alkyl halides is 2. The van der Waals surface area contributed by atoms with Crippen LogP contribution in [0.25, 0.3) is 0 Å². The number of Topliss-reactive ketones (excluding diaryl/α,β-unsaturated/α-hetero) is 1. The number of aliphatic imine (C=N–C) groups is 1. The summed E-state index contributed by atoms with van der Waals surface area (Å²) in [7, 11) is 0. The van der Waals surface area contributed by atoms with Crippen molar-refractivity contribution in [2.45, 2.75) is 10.8 Å². The molecule has 7 heteroatoms. The Kier molecular flexibility index (Phi) is 3.26. The van der Waals surface area contributed by atoms with E-state index in [0.717, 1.165) is 0 Å². The Morgan fingerprint density at radius 2 is 1.89 bits per heavy atom. The minimum atomic E-state index is -0.957. The average molecular weight is 337 g/mol. The summed E-state index contributed by atoms with van der Waals surface area (Å²) in [4.78, 5) is 16.1. The highest BCUT2D eigenvalue weighted by molar-refractivity contribution is 6.57. The van der Waals surface area contributed by atoms with Gasteiger partial charge in [0.05, 0.1) is 0 Å². The molecule has 0 spiro atoms. The predicted octanol–water partition coefficient (Wildman–Crippen LogP) is 4.05. The highest BCUT2D eigenvalue weighted by Crippen LogP contribution is 2.41. The molecular weight excluding hydrogens is 332 g/mol. The monoisotopic (exact) mass is 335 g/mol. The van der Waals surface area contributed by atoms with E-state index >= 15 is 0 Å². The third-order valence-corrected chi connectivity index (χ3v) is 4.42. The third-order valence-electron chi connectivity index (χ3n) is 2.79. The molecule has 0 unspecified atom stereocenters. The number of ketones is 1. The van der Waals surface area contributed by atoms with Crippen LogP contribution in [-0.2, 0) is 4.79 Å². The number of hydrogen-bond acceptors (Lipinski definition) is 3. The van der Waals surface area contributed by atoms with Crippen LogP contribution in [0.2, 0.25) is 5.02 Å². The number of rotatable bonds is 0. The van der Waals surface area contributed by atoms with E-state index in [1.165, 1.54) is 0 Å². The van der Waals surface area contributed by atoms with Crippen LogP contribution >= 0.6 is 46.4 Å². The van der Waals surface area contributed by atoms with E-state index in [2.05, 4.69) is 4.99 Å². The van der Waals surface area contributed by atoms with E-state index in [-0.39, 0.29) is 10.8 Å². The van der Waals surface area contributed by atoms with Crippen LogP contribution in [0, 0.1) is 0 Å². The Morgan fingerprint density at radius 3 is 2.63 bits per heavy atom. The Bertz CT molecular complexity index is 653. The fourth-order valence-electron chi connectivity index (χ4n) is 1.86. The number of fused-ring (bicyclic) bond motifs is 2. The fraction of sp³-hybridized carbons (Fsp3) is 0.167. The maximum Gasteiger partial charge on any atom is 0.197 e. The number of benzene rings is 1. The van der Waals surface area contributed by atoms with Gasteiger partial charge in [-0.05, 0) is 18.2 Å². The summed E-state index contributed by atoms with van der Waals surface area (Å²) in [5.74, 6) is 0.166. The minimum Gasteiger partial charge on any atom is -0.451 e. The van der Waals surface area contributed by atoms with E-state index in [1.807, 2.05) is 0 Å². The summed E-state index contributed by atoms with van der Waals surface area (Å²) in [5, 5.41) is -1.32. The fourth-order valence-corrected chi connectivity index (χ4v) is 2.82. The number of carbonyl (C=O) groups is 1. The molecule has 0 radical (unpaired) electrons. The largest absolute Gasteiger partial charge is 0.451 e. The number of carbonyl (C=O) groups excluding carboxylic acids is 1. The van der Waals surface area contributed by atoms with Gasteiger partial charge in [-0.25, -0.2) is 4.99 Å². The molecule has 1 aliphatic carbocycles. The van der Waals surface area contributed by atoms with E-state index in [9.17, 15) is 4.79 Å². The van der Waals surface area contributed by atoms with Crippen molar-refractivity contribution in [2.24, 2.45) is 4.99 Å². The van der Waals surface area contributed by atoms with Gasteiger partial charge in [0.1, 0.15) is 27.2 Å². The number of allylic oxidation sites excluding steroid dienone is 2. The summed E-state index contributed by atoms with van der Waals surface area (Å²) in [6.07, 6.45) is 0. The van der Waals surface area contributed by atoms with Crippen molar-refractivity contribution in [3.63, 3.8) is 0 Å². The lowest BCUT2D eigenvalue weighted by Crippen LogP contribution is -2.40. The summed E-state index contributed by atoms with van der Waals surface area (Å²) in [5.41, 5.74) is 0.876. The zero-order chi connectivity index (χ0) is 13.7. The molecule has 3 rings (SSSR count). The first kappa shape index (κ1) is 13.3. The van der Waals surface area contributed by atoms with Crippen LogP contribution in [0.3, 0.4) is 0 Å². The molecule has 1 aliphatic heterocycles. The molecular formula is C12H5Cl4NO2. The van der Waals surface area contributed by atoms with Gasteiger partial charge in [-0.3, -0.25) is 4.79 Å². The molecule has 1 aromatic rings. The molecule has 0 amide bonds. The normalized spacial score (nSPS) is 25.5. The van der Waals surface area contributed by atoms with E-state index < -0.39 is 16.5 Å². The zero-order valence-electron chi connectivity index (χ0n) is 9.16. The van der Waals surface area contributed by atoms with Crippen molar-refractivity contribution in [2.75, 3.05) is 0 Å². The lowest BCUT2D eigenvalue weighted by atomic mass is 10.00. The Morgan fingerprint density at radius 1 is 1.16 bits per heavy atom. The summed E-state index contributed by atoms with van der Waals surface area (Å²) >= 11 is 23.9. The lowest BCUT2D eigenvalue weighted by Gasteiger charge is -2.28. The molecule has 0 bridgehead atoms. The highest BCUT2D eigenvalue weighted by Gasteiger charge is 2.42. The minimum absolute atomic E-state index is 0.0868. The molecule has 2 aliphatic rings. The standard InChI is InChI=1S/C12H5Cl4NO2/c13-4-1-2-6-5(3-4)17-10-7(14)8(15)11(18)9(16)12(10)19-6/h1-3,7-8H/t7-,8+/m0/s1. The highest BCUT2D eigenvalue weighted by atomic mass is 35.5. The molecule has 3 nitrogen and oxygen atoms in total. The van der Waals surface area contributed by atoms with Crippen LogP contribution in [0.1, 0.15) is 0 Å². The molecule has 98 valence electrons. The van der Waals surface area contributed by atoms with Crippen molar-refractivity contribution < 1.29 is 9.53 Å². The van der Waals surface area contributed by atoms with Crippen LogP contribution in [-0.4, -0.2) is 22.2 Å². The Balaban J connectivity index is 2.21. The molecule has 0 saturated carbocycles. The molecule has 0 N–H and O–H groups in total. The third kappa shape index (κ3) is 2.05. The molecule has 2 atom stereocenters. The van der Waals surface area contributed by atoms with E-state index in [1.54, 1.807) is 18.2 Å². The van der Waals surface area contributed by atoms with Gasteiger partial charge in [-0.15, -0.1) is 23.2 Å². The molecule has 0 saturated heterocycles. The Labute approximate surface area is 128 Å². The van der Waals surface area contributed by atoms with Gasteiger partial charge in [0.2, 0.25) is 0 Å². The first-order chi connectivity index (χ1) is 8.99. The Hall–Kier alpha value is -0.740. The predicted molar refractivity (Wildman–Crippen MR) is 76.3 cm³/mol. The van der Waals surface area contributed by atoms with Crippen LogP contribution in [0.4, 0.5) is 5.69 Å². The van der Waals surface area contributed by atoms with Gasteiger partial charge in [0, 0.05) is 5.02 Å². The second-order valence-electron chi connectivity index (χ2n) is 4.02. The van der Waals surface area contributed by atoms with Gasteiger partial charge >= 0.3 is 0 Å². The second kappa shape index (κ2) is 4.67. The molecule has 0 fully saturated rings. The summed E-state index contributed by atoms with van der Waals surface area (Å²) in [6.45, 7) is 0. The van der Waals surface area contributed by atoms with E-state index in [4.69, 9.17) is 51.1 Å². The first-order valence-electron chi connectivity index (χ1n) is 5.27. The first-order valence-corrected chi connectivity index (χ1v) is 6.90. The van der Waals surface area contributed by atoms with Crippen molar-refractivity contribution in [1.82, 2.24) is 0 Å². The van der Waals surface area contributed by atoms with Crippen molar-refractivity contribution >= 4 is 63.6 Å². The second-order valence-corrected chi connectivity index (χ2v) is 5.78. The van der Waals surface area contributed by atoms with E-state index in [0.29, 0.717) is 22.2 Å². The van der Waals surface area contributed by atoms with Crippen molar-refractivity contribution in [3.8, 4) is 5.75 Å². The van der Waals surface area contributed by atoms with Crippen LogP contribution < -0.4 is 4.74 Å². The molecule has 1 heterocycles. The lowest BCUT2D eigenvalue weighted by molar-refractivity contribution is -0.114. The maximum absolute atomic E-state index is 11.8. The van der Waals surface area contributed by atoms with Crippen molar-refractivity contribution in [1.29, 1.82) is 0 Å². The number of ether oxygens (including phenoxy) is 1.